The highest BCUT2D eigenvalue weighted by Gasteiger charge is 2.56. The Kier molecular flexibility index (Phi) is 5.45. The number of hydrogen-bond acceptors (Lipinski definition) is 7. The Morgan fingerprint density at radius 3 is 2.64 bits per heavy atom. The molecule has 5 rings (SSSR count). The molecule has 0 spiro atoms. The first kappa shape index (κ1) is 21.7. The number of carbonyl (C=O) groups excluding carboxylic acids is 1. The van der Waals surface area contributed by atoms with Crippen LogP contribution in [-0.4, -0.2) is 60.5 Å². The first-order valence-electron chi connectivity index (χ1n) is 11.8. The monoisotopic (exact) mass is 445 g/mol. The van der Waals surface area contributed by atoms with E-state index in [4.69, 9.17) is 0 Å². The minimum Gasteiger partial charge on any atom is -0.368 e. The summed E-state index contributed by atoms with van der Waals surface area (Å²) in [6, 6.07) is 8.66. The standard InChI is InChI=1S/C25H31N7O/c1-17-12-22(28-14-21(17)31-10-7-20(15-31)30(2)3)29-23-13-19(6-9-27-23)32-11-8-25(16-26,24(32)33)18-4-5-18/h6,9,12-14,18,20H,4-5,7-8,10-11,15H2,1-3H3,(H,27,28,29)/t20-,25-/m1/s1. The summed E-state index contributed by atoms with van der Waals surface area (Å²) >= 11 is 0. The quantitative estimate of drug-likeness (QED) is 0.730. The lowest BCUT2D eigenvalue weighted by Crippen LogP contribution is -2.35. The lowest BCUT2D eigenvalue weighted by Gasteiger charge is -2.23. The molecule has 3 fully saturated rings. The molecule has 1 amide bonds. The maximum Gasteiger partial charge on any atom is 0.247 e. The van der Waals surface area contributed by atoms with Gasteiger partial charge in [0.15, 0.2) is 0 Å². The second-order valence-corrected chi connectivity index (χ2v) is 9.80. The molecule has 2 aromatic rings. The molecule has 0 aromatic carbocycles. The van der Waals surface area contributed by atoms with E-state index in [1.54, 1.807) is 11.1 Å². The van der Waals surface area contributed by atoms with Crippen LogP contribution in [0.4, 0.5) is 23.0 Å². The maximum absolute atomic E-state index is 13.1. The summed E-state index contributed by atoms with van der Waals surface area (Å²) in [6.45, 7) is 4.73. The number of rotatable bonds is 6. The van der Waals surface area contributed by atoms with Crippen molar-refractivity contribution in [1.29, 1.82) is 5.26 Å². The third-order valence-corrected chi connectivity index (χ3v) is 7.46. The zero-order valence-corrected chi connectivity index (χ0v) is 19.6. The Balaban J connectivity index is 1.30. The predicted octanol–water partition coefficient (Wildman–Crippen LogP) is 3.33. The van der Waals surface area contributed by atoms with E-state index in [0.29, 0.717) is 24.8 Å². The topological polar surface area (TPSA) is 88.4 Å². The van der Waals surface area contributed by atoms with Crippen LogP contribution >= 0.6 is 0 Å². The van der Waals surface area contributed by atoms with Crippen molar-refractivity contribution in [2.24, 2.45) is 11.3 Å². The van der Waals surface area contributed by atoms with Crippen molar-refractivity contribution in [3.8, 4) is 6.07 Å². The molecule has 2 aliphatic heterocycles. The Bertz CT molecular complexity index is 1110. The zero-order valence-electron chi connectivity index (χ0n) is 19.6. The van der Waals surface area contributed by atoms with E-state index in [0.717, 1.165) is 43.9 Å². The van der Waals surface area contributed by atoms with Crippen LogP contribution in [0.15, 0.2) is 30.6 Å². The van der Waals surface area contributed by atoms with E-state index in [1.807, 2.05) is 24.4 Å². The summed E-state index contributed by atoms with van der Waals surface area (Å²) in [5, 5.41) is 13.0. The van der Waals surface area contributed by atoms with Gasteiger partial charge in [-0.2, -0.15) is 5.26 Å². The molecule has 2 aromatic heterocycles. The van der Waals surface area contributed by atoms with E-state index < -0.39 is 5.41 Å². The first-order chi connectivity index (χ1) is 15.9. The molecule has 8 heteroatoms. The van der Waals surface area contributed by atoms with Gasteiger partial charge in [0.25, 0.3) is 0 Å². The average Bonchev–Trinajstić information content (AvgIpc) is 3.43. The number of nitriles is 1. The molecule has 2 atom stereocenters. The summed E-state index contributed by atoms with van der Waals surface area (Å²) in [4.78, 5) is 28.6. The van der Waals surface area contributed by atoms with Crippen LogP contribution in [0.2, 0.25) is 0 Å². The molecule has 1 saturated carbocycles. The van der Waals surface area contributed by atoms with Crippen LogP contribution in [0.25, 0.3) is 0 Å². The average molecular weight is 446 g/mol. The summed E-state index contributed by atoms with van der Waals surface area (Å²) in [5.74, 6) is 1.51. The lowest BCUT2D eigenvalue weighted by molar-refractivity contribution is -0.123. The highest BCUT2D eigenvalue weighted by molar-refractivity contribution is 6.02. The number of nitrogens with zero attached hydrogens (tertiary/aromatic N) is 6. The van der Waals surface area contributed by atoms with Gasteiger partial charge in [-0.1, -0.05) is 0 Å². The molecule has 0 bridgehead atoms. The lowest BCUT2D eigenvalue weighted by atomic mass is 9.83. The molecular formula is C25H31N7O. The van der Waals surface area contributed by atoms with Gasteiger partial charge in [0.05, 0.1) is 18.0 Å². The van der Waals surface area contributed by atoms with Gasteiger partial charge in [-0.05, 0) is 70.3 Å². The summed E-state index contributed by atoms with van der Waals surface area (Å²) in [7, 11) is 4.27. The van der Waals surface area contributed by atoms with Crippen molar-refractivity contribution >= 4 is 28.9 Å². The Morgan fingerprint density at radius 2 is 1.97 bits per heavy atom. The van der Waals surface area contributed by atoms with Crippen LogP contribution in [0.1, 0.15) is 31.2 Å². The van der Waals surface area contributed by atoms with Crippen molar-refractivity contribution in [2.75, 3.05) is 48.8 Å². The highest BCUT2D eigenvalue weighted by atomic mass is 16.2. The highest BCUT2D eigenvalue weighted by Crippen LogP contribution is 2.51. The number of likely N-dealkylation sites (N-methyl/N-ethyl adjacent to an activating group) is 1. The van der Waals surface area contributed by atoms with E-state index in [9.17, 15) is 10.1 Å². The second kappa shape index (κ2) is 8.31. The van der Waals surface area contributed by atoms with E-state index >= 15 is 0 Å². The van der Waals surface area contributed by atoms with Crippen LogP contribution in [0, 0.1) is 29.6 Å². The number of hydrogen-bond donors (Lipinski definition) is 1. The van der Waals surface area contributed by atoms with Gasteiger partial charge in [0, 0.05) is 43.6 Å². The third-order valence-electron chi connectivity index (χ3n) is 7.46. The SMILES string of the molecule is Cc1cc(Nc2cc(N3CC[C@@](C#N)(C4CC4)C3=O)ccn2)ncc1N1CC[C@@H](N(C)C)C1. The van der Waals surface area contributed by atoms with Gasteiger partial charge in [0.1, 0.15) is 17.1 Å². The number of aromatic nitrogens is 2. The predicted molar refractivity (Wildman–Crippen MR) is 129 cm³/mol. The zero-order chi connectivity index (χ0) is 23.2. The number of amides is 1. The Labute approximate surface area is 195 Å². The minimum absolute atomic E-state index is 0.0652. The van der Waals surface area contributed by atoms with Crippen LogP contribution in [0.5, 0.6) is 0 Å². The van der Waals surface area contributed by atoms with Crippen molar-refractivity contribution < 1.29 is 4.79 Å². The maximum atomic E-state index is 13.1. The molecule has 1 aliphatic carbocycles. The van der Waals surface area contributed by atoms with Gasteiger partial charge in [-0.3, -0.25) is 4.79 Å². The summed E-state index contributed by atoms with van der Waals surface area (Å²) < 4.78 is 0. The van der Waals surface area contributed by atoms with Crippen molar-refractivity contribution in [2.45, 2.75) is 38.6 Å². The molecule has 172 valence electrons. The normalized spacial score (nSPS) is 25.1. The summed E-state index contributed by atoms with van der Waals surface area (Å²) in [6.07, 6.45) is 7.34. The first-order valence-corrected chi connectivity index (χ1v) is 11.8. The second-order valence-electron chi connectivity index (χ2n) is 9.80. The molecule has 4 heterocycles. The van der Waals surface area contributed by atoms with E-state index in [1.165, 1.54) is 11.3 Å². The van der Waals surface area contributed by atoms with Crippen LogP contribution in [0.3, 0.4) is 0 Å². The fourth-order valence-electron chi connectivity index (χ4n) is 5.25. The summed E-state index contributed by atoms with van der Waals surface area (Å²) in [5.41, 5.74) is 2.27. The van der Waals surface area contributed by atoms with Gasteiger partial charge >= 0.3 is 0 Å². The van der Waals surface area contributed by atoms with Crippen molar-refractivity contribution in [3.63, 3.8) is 0 Å². The number of pyridine rings is 2. The van der Waals surface area contributed by atoms with E-state index in [2.05, 4.69) is 52.2 Å². The number of nitrogens with one attached hydrogen (secondary N) is 1. The van der Waals surface area contributed by atoms with Crippen LogP contribution in [-0.2, 0) is 4.79 Å². The number of aryl methyl sites for hydroxylation is 1. The van der Waals surface area contributed by atoms with Crippen molar-refractivity contribution in [1.82, 2.24) is 14.9 Å². The fraction of sp³-hybridized carbons (Fsp3) is 0.520. The van der Waals surface area contributed by atoms with Crippen LogP contribution < -0.4 is 15.1 Å². The fourth-order valence-corrected chi connectivity index (χ4v) is 5.25. The largest absolute Gasteiger partial charge is 0.368 e. The molecule has 0 unspecified atom stereocenters. The smallest absolute Gasteiger partial charge is 0.247 e. The minimum atomic E-state index is -0.841. The van der Waals surface area contributed by atoms with Gasteiger partial charge < -0.3 is 20.0 Å². The Morgan fingerprint density at radius 1 is 1.18 bits per heavy atom. The van der Waals surface area contributed by atoms with Crippen molar-refractivity contribution in [3.05, 3.63) is 36.2 Å². The number of carbonyl (C=O) groups is 1. The molecule has 1 N–H and O–H groups in total. The molecule has 0 radical (unpaired) electrons. The molecular weight excluding hydrogens is 414 g/mol. The number of anilines is 4. The molecule has 3 aliphatic rings. The molecule has 2 saturated heterocycles. The molecule has 8 nitrogen and oxygen atoms in total. The molecule has 33 heavy (non-hydrogen) atoms. The Hall–Kier alpha value is -3.18. The van der Waals surface area contributed by atoms with Gasteiger partial charge in [-0.15, -0.1) is 0 Å². The van der Waals surface area contributed by atoms with Gasteiger partial charge in [-0.25, -0.2) is 9.97 Å². The van der Waals surface area contributed by atoms with E-state index in [-0.39, 0.29) is 11.8 Å². The van der Waals surface area contributed by atoms with Gasteiger partial charge in [0.2, 0.25) is 5.91 Å². The third kappa shape index (κ3) is 3.91.